The van der Waals surface area contributed by atoms with Crippen LogP contribution >= 0.6 is 0 Å². The molecule has 2 atom stereocenters. The lowest BCUT2D eigenvalue weighted by atomic mass is 9.79. The lowest BCUT2D eigenvalue weighted by Crippen LogP contribution is -2.43. The van der Waals surface area contributed by atoms with Crippen molar-refractivity contribution in [1.29, 1.82) is 0 Å². The second-order valence-corrected chi connectivity index (χ2v) is 8.17. The molecule has 2 aliphatic heterocycles. The molecule has 0 amide bonds. The predicted molar refractivity (Wildman–Crippen MR) is 111 cm³/mol. The van der Waals surface area contributed by atoms with Crippen molar-refractivity contribution in [3.8, 4) is 28.7 Å². The molecule has 0 fully saturated rings. The molecule has 3 aromatic rings. The Balaban J connectivity index is 1.62. The van der Waals surface area contributed by atoms with Gasteiger partial charge < -0.3 is 25.5 Å². The zero-order valence-corrected chi connectivity index (χ0v) is 16.3. The molecule has 0 radical (unpaired) electrons. The maximum Gasteiger partial charge on any atom is 0.157 e. The third-order valence-corrected chi connectivity index (χ3v) is 6.41. The van der Waals surface area contributed by atoms with Crippen LogP contribution in [-0.4, -0.2) is 37.0 Å². The summed E-state index contributed by atoms with van der Waals surface area (Å²) < 4.78 is 0. The van der Waals surface area contributed by atoms with Crippen LogP contribution in [0.15, 0.2) is 48.5 Å². The number of benzene rings is 3. The van der Waals surface area contributed by atoms with Gasteiger partial charge in [-0.1, -0.05) is 12.1 Å². The highest BCUT2D eigenvalue weighted by Crippen LogP contribution is 2.48. The Labute approximate surface area is 173 Å². The van der Waals surface area contributed by atoms with Crippen molar-refractivity contribution in [2.45, 2.75) is 31.3 Å². The van der Waals surface area contributed by atoms with Crippen LogP contribution in [0, 0.1) is 0 Å². The van der Waals surface area contributed by atoms with E-state index in [2.05, 4.69) is 4.90 Å². The molecule has 30 heavy (non-hydrogen) atoms. The van der Waals surface area contributed by atoms with Gasteiger partial charge in [-0.15, -0.1) is 0 Å². The average Bonchev–Trinajstić information content (AvgIpc) is 2.72. The first-order valence-corrected chi connectivity index (χ1v) is 10.0. The van der Waals surface area contributed by atoms with Gasteiger partial charge in [0.25, 0.3) is 0 Å². The summed E-state index contributed by atoms with van der Waals surface area (Å²) in [6, 6.07) is 13.6. The van der Waals surface area contributed by atoms with Gasteiger partial charge >= 0.3 is 0 Å². The monoisotopic (exact) mass is 405 g/mol. The van der Waals surface area contributed by atoms with Crippen molar-refractivity contribution >= 4 is 0 Å². The van der Waals surface area contributed by atoms with Crippen molar-refractivity contribution in [3.05, 3.63) is 76.3 Å². The van der Waals surface area contributed by atoms with Crippen molar-refractivity contribution in [1.82, 2.24) is 4.90 Å². The average molecular weight is 405 g/mol. The fourth-order valence-corrected chi connectivity index (χ4v) is 4.94. The fourth-order valence-electron chi connectivity index (χ4n) is 4.94. The molecule has 0 saturated heterocycles. The minimum atomic E-state index is -0.143. The second-order valence-electron chi connectivity index (χ2n) is 8.17. The van der Waals surface area contributed by atoms with Crippen molar-refractivity contribution < 1.29 is 25.5 Å². The molecule has 0 aromatic heterocycles. The number of aromatic hydroxyl groups is 5. The molecular formula is C24H23NO5. The summed E-state index contributed by atoms with van der Waals surface area (Å²) in [5, 5.41) is 49.9. The molecular weight excluding hydrogens is 382 g/mol. The van der Waals surface area contributed by atoms with Gasteiger partial charge in [-0.3, -0.25) is 4.90 Å². The minimum absolute atomic E-state index is 0.0150. The molecule has 5 N–H and O–H groups in total. The van der Waals surface area contributed by atoms with Crippen molar-refractivity contribution in [3.63, 3.8) is 0 Å². The summed E-state index contributed by atoms with van der Waals surface area (Å²) in [4.78, 5) is 2.37. The van der Waals surface area contributed by atoms with E-state index >= 15 is 0 Å². The van der Waals surface area contributed by atoms with Crippen molar-refractivity contribution in [2.75, 3.05) is 6.54 Å². The van der Waals surface area contributed by atoms with Gasteiger partial charge in [0.05, 0.1) is 0 Å². The van der Waals surface area contributed by atoms with E-state index in [4.69, 9.17) is 0 Å². The molecule has 6 heteroatoms. The Morgan fingerprint density at radius 3 is 2.03 bits per heavy atom. The van der Waals surface area contributed by atoms with E-state index in [1.54, 1.807) is 36.4 Å². The lowest BCUT2D eigenvalue weighted by molar-refractivity contribution is 0.106. The van der Waals surface area contributed by atoms with Gasteiger partial charge in [0.15, 0.2) is 23.0 Å². The summed E-state index contributed by atoms with van der Waals surface area (Å²) in [5.74, 6) is -0.310. The van der Waals surface area contributed by atoms with E-state index in [0.717, 1.165) is 40.8 Å². The van der Waals surface area contributed by atoms with E-state index in [0.29, 0.717) is 12.8 Å². The van der Waals surface area contributed by atoms with E-state index in [1.165, 1.54) is 0 Å². The highest BCUT2D eigenvalue weighted by molar-refractivity contribution is 5.52. The highest BCUT2D eigenvalue weighted by Gasteiger charge is 2.39. The molecule has 154 valence electrons. The molecule has 0 spiro atoms. The number of nitrogens with zero attached hydrogens (tertiary/aromatic N) is 1. The summed E-state index contributed by atoms with van der Waals surface area (Å²) in [6.45, 7) is 0.770. The number of phenols is 5. The number of rotatable bonds is 2. The van der Waals surface area contributed by atoms with Gasteiger partial charge in [-0.2, -0.15) is 0 Å². The lowest BCUT2D eigenvalue weighted by Gasteiger charge is -2.47. The number of phenolic OH excluding ortho intramolecular Hbond substituents is 5. The maximum absolute atomic E-state index is 10.2. The van der Waals surface area contributed by atoms with Gasteiger partial charge in [-0.25, -0.2) is 0 Å². The first-order valence-electron chi connectivity index (χ1n) is 10.0. The first kappa shape index (κ1) is 18.6. The maximum atomic E-state index is 10.2. The van der Waals surface area contributed by atoms with Crippen LogP contribution in [0.2, 0.25) is 0 Å². The molecule has 2 heterocycles. The Morgan fingerprint density at radius 2 is 1.33 bits per heavy atom. The first-order chi connectivity index (χ1) is 14.4. The van der Waals surface area contributed by atoms with E-state index in [-0.39, 0.29) is 40.8 Å². The van der Waals surface area contributed by atoms with E-state index in [1.807, 2.05) is 12.1 Å². The topological polar surface area (TPSA) is 104 Å². The Bertz CT molecular complexity index is 1130. The largest absolute Gasteiger partial charge is 0.508 e. The van der Waals surface area contributed by atoms with Gasteiger partial charge in [-0.05, 0) is 83.5 Å². The third kappa shape index (κ3) is 3.00. The molecule has 0 saturated carbocycles. The molecule has 3 aromatic carbocycles. The van der Waals surface area contributed by atoms with Gasteiger partial charge in [0.1, 0.15) is 5.75 Å². The molecule has 6 nitrogen and oxygen atoms in total. The number of fused-ring (bicyclic) bond motifs is 4. The van der Waals surface area contributed by atoms with Crippen LogP contribution in [0.4, 0.5) is 0 Å². The zero-order chi connectivity index (χ0) is 21.0. The van der Waals surface area contributed by atoms with Crippen LogP contribution in [-0.2, 0) is 19.3 Å². The smallest absolute Gasteiger partial charge is 0.157 e. The normalized spacial score (nSPS) is 20.3. The Morgan fingerprint density at radius 1 is 0.733 bits per heavy atom. The molecule has 0 aliphatic carbocycles. The SMILES string of the molecule is Oc1ccc(C[C@H]2c3cc(O)c(O)cc3CC3c4cc(O)c(O)cc4CCN32)cc1. The second kappa shape index (κ2) is 6.85. The van der Waals surface area contributed by atoms with Crippen molar-refractivity contribution in [2.24, 2.45) is 0 Å². The summed E-state index contributed by atoms with van der Waals surface area (Å²) in [6.07, 6.45) is 2.05. The highest BCUT2D eigenvalue weighted by atomic mass is 16.3. The molecule has 5 rings (SSSR count). The molecule has 1 unspecified atom stereocenters. The van der Waals surface area contributed by atoms with Crippen LogP contribution in [0.25, 0.3) is 0 Å². The third-order valence-electron chi connectivity index (χ3n) is 6.41. The fraction of sp³-hybridized carbons (Fsp3) is 0.250. The van der Waals surface area contributed by atoms with Gasteiger partial charge in [0, 0.05) is 18.6 Å². The molecule has 2 aliphatic rings. The Kier molecular flexibility index (Phi) is 4.25. The van der Waals surface area contributed by atoms with Gasteiger partial charge in [0.2, 0.25) is 0 Å². The number of hydrogen-bond donors (Lipinski definition) is 5. The summed E-state index contributed by atoms with van der Waals surface area (Å²) >= 11 is 0. The quantitative estimate of drug-likeness (QED) is 0.417. The predicted octanol–water partition coefficient (Wildman–Crippen LogP) is 3.65. The zero-order valence-electron chi connectivity index (χ0n) is 16.3. The number of hydrogen-bond acceptors (Lipinski definition) is 6. The Hall–Kier alpha value is -3.38. The van der Waals surface area contributed by atoms with Crippen LogP contribution < -0.4 is 0 Å². The van der Waals surface area contributed by atoms with Crippen LogP contribution in [0.1, 0.15) is 39.9 Å². The summed E-state index contributed by atoms with van der Waals surface area (Å²) in [7, 11) is 0. The van der Waals surface area contributed by atoms with Crippen LogP contribution in [0.5, 0.6) is 28.7 Å². The van der Waals surface area contributed by atoms with E-state index < -0.39 is 0 Å². The van der Waals surface area contributed by atoms with E-state index in [9.17, 15) is 25.5 Å². The minimum Gasteiger partial charge on any atom is -0.508 e. The standard InChI is InChI=1S/C24H23NO5/c26-16-3-1-13(2-4-16)7-19-18-12-24(30)22(28)10-15(18)8-20-17-11-23(29)21(27)9-14(17)5-6-25(19)20/h1-4,9-12,19-20,26-30H,5-8H2/t19-,20?/m0/s1. The van der Waals surface area contributed by atoms with Crippen LogP contribution in [0.3, 0.4) is 0 Å². The molecule has 0 bridgehead atoms. The summed E-state index contributed by atoms with van der Waals surface area (Å²) in [5.41, 5.74) is 4.97.